The predicted octanol–water partition coefficient (Wildman–Crippen LogP) is -0.529. The summed E-state index contributed by atoms with van der Waals surface area (Å²) in [6.07, 6.45) is 4.91. The zero-order valence-corrected chi connectivity index (χ0v) is 9.60. The first-order valence-electron chi connectivity index (χ1n) is 5.92. The lowest BCUT2D eigenvalue weighted by Crippen LogP contribution is -2.50. The van der Waals surface area contributed by atoms with Gasteiger partial charge in [0.2, 0.25) is 0 Å². The maximum atomic E-state index is 11.9. The van der Waals surface area contributed by atoms with Gasteiger partial charge in [-0.1, -0.05) is 4.90 Å². The van der Waals surface area contributed by atoms with Crippen molar-refractivity contribution >= 4 is 12.2 Å². The van der Waals surface area contributed by atoms with Crippen molar-refractivity contribution in [3.05, 3.63) is 0 Å². The lowest BCUT2D eigenvalue weighted by molar-refractivity contribution is -0.129. The summed E-state index contributed by atoms with van der Waals surface area (Å²) in [5.74, 6) is -0.0911. The lowest BCUT2D eigenvalue weighted by atomic mass is 10.1. The molecule has 5 heteroatoms. The molecule has 0 aliphatic carbocycles. The monoisotopic (exact) mass is 227 g/mol. The number of unbranched alkanes of at least 4 members (excludes halogenated alkanes) is 1. The first-order chi connectivity index (χ1) is 7.70. The molecule has 0 saturated carbocycles. The molecule has 2 atom stereocenters. The fraction of sp³-hybridized carbons (Fsp3) is 0.818. The predicted molar refractivity (Wildman–Crippen MR) is 62.0 cm³/mol. The summed E-state index contributed by atoms with van der Waals surface area (Å²) in [6.45, 7) is 1.29. The van der Waals surface area contributed by atoms with Gasteiger partial charge in [-0.2, -0.15) is 0 Å². The van der Waals surface area contributed by atoms with Crippen molar-refractivity contribution in [3.63, 3.8) is 0 Å². The second kappa shape index (κ2) is 6.73. The minimum absolute atomic E-state index is 0.0911. The molecule has 1 aliphatic rings. The number of nitrogens with two attached hydrogens (primary N) is 2. The Labute approximate surface area is 96.1 Å². The Morgan fingerprint density at radius 1 is 1.50 bits per heavy atom. The quantitative estimate of drug-likeness (QED) is 0.362. The number of nitrogens with zero attached hydrogens (tertiary/aromatic N) is 1. The summed E-state index contributed by atoms with van der Waals surface area (Å²) in [5.41, 5.74) is 11.2. The molecule has 1 rings (SSSR count). The first kappa shape index (κ1) is 13.3. The average Bonchev–Trinajstić information content (AvgIpc) is 2.76. The summed E-state index contributed by atoms with van der Waals surface area (Å²) in [6, 6.07) is -0.736. The standard InChI is InChI=1S/C11H21N3O2/c12-6-2-1-5-10(13)11(16)14-7-3-4-9(14)8-15/h8-10H,1-7,12-13H2/q+1/t9-,10-/m0/s1. The van der Waals surface area contributed by atoms with Crippen molar-refractivity contribution in [1.82, 2.24) is 4.90 Å². The van der Waals surface area contributed by atoms with Crippen molar-refractivity contribution < 1.29 is 9.59 Å². The fourth-order valence-electron chi connectivity index (χ4n) is 2.05. The van der Waals surface area contributed by atoms with Gasteiger partial charge in [-0.15, -0.1) is 0 Å². The van der Waals surface area contributed by atoms with E-state index in [1.54, 1.807) is 4.90 Å². The van der Waals surface area contributed by atoms with Crippen molar-refractivity contribution in [2.75, 3.05) is 13.1 Å². The Bertz CT molecular complexity index is 245. The van der Waals surface area contributed by atoms with Crippen molar-refractivity contribution in [3.8, 4) is 0 Å². The van der Waals surface area contributed by atoms with Gasteiger partial charge in [-0.3, -0.25) is 4.79 Å². The summed E-state index contributed by atoms with van der Waals surface area (Å²) in [5, 5.41) is 0. The maximum absolute atomic E-state index is 11.9. The molecule has 0 bridgehead atoms. The van der Waals surface area contributed by atoms with Gasteiger partial charge >= 0.3 is 5.91 Å². The molecule has 91 valence electrons. The minimum Gasteiger partial charge on any atom is -0.330 e. The third-order valence-corrected chi connectivity index (χ3v) is 3.03. The molecule has 0 aromatic carbocycles. The van der Waals surface area contributed by atoms with E-state index in [-0.39, 0.29) is 11.9 Å². The molecule has 5 nitrogen and oxygen atoms in total. The second-order valence-corrected chi connectivity index (χ2v) is 4.27. The van der Waals surface area contributed by atoms with E-state index < -0.39 is 6.04 Å². The molecule has 1 radical (unpaired) electrons. The zero-order chi connectivity index (χ0) is 12.0. The average molecular weight is 227 g/mol. The van der Waals surface area contributed by atoms with Crippen molar-refractivity contribution in [2.45, 2.75) is 44.2 Å². The fourth-order valence-corrected chi connectivity index (χ4v) is 2.05. The summed E-state index contributed by atoms with van der Waals surface area (Å²) < 4.78 is 0. The number of likely N-dealkylation sites (tertiary alicyclic amines) is 1. The smallest absolute Gasteiger partial charge is 0.330 e. The third-order valence-electron chi connectivity index (χ3n) is 3.03. The van der Waals surface area contributed by atoms with E-state index >= 15 is 0 Å². The van der Waals surface area contributed by atoms with Crippen molar-refractivity contribution in [1.29, 1.82) is 0 Å². The number of carbonyl (C=O) groups is 2. The molecule has 1 aliphatic heterocycles. The van der Waals surface area contributed by atoms with Crippen molar-refractivity contribution in [2.24, 2.45) is 11.5 Å². The van der Waals surface area contributed by atoms with Gasteiger partial charge in [0.05, 0.1) is 0 Å². The number of amides is 1. The highest BCUT2D eigenvalue weighted by Gasteiger charge is 2.42. The Kier molecular flexibility index (Phi) is 5.59. The molecule has 0 spiro atoms. The van der Waals surface area contributed by atoms with Crippen LogP contribution in [0, 0.1) is 0 Å². The number of hydrogen-bond donors (Lipinski definition) is 2. The van der Waals surface area contributed by atoms with Gasteiger partial charge < -0.3 is 11.5 Å². The Balaban J connectivity index is 2.40. The molecule has 0 unspecified atom stereocenters. The maximum Gasteiger partial charge on any atom is 0.378 e. The molecule has 0 aromatic heterocycles. The van der Waals surface area contributed by atoms with Crippen LogP contribution in [0.1, 0.15) is 32.1 Å². The third kappa shape index (κ3) is 3.37. The first-order valence-corrected chi connectivity index (χ1v) is 5.92. The molecule has 4 N–H and O–H groups in total. The largest absolute Gasteiger partial charge is 0.378 e. The van der Waals surface area contributed by atoms with Crippen LogP contribution >= 0.6 is 0 Å². The Hall–Kier alpha value is -0.780. The van der Waals surface area contributed by atoms with Crippen LogP contribution in [-0.2, 0) is 9.59 Å². The van der Waals surface area contributed by atoms with E-state index in [2.05, 4.69) is 0 Å². The van der Waals surface area contributed by atoms with Crippen LogP contribution in [0.25, 0.3) is 0 Å². The van der Waals surface area contributed by atoms with Crippen LogP contribution in [-0.4, -0.2) is 37.4 Å². The van der Waals surface area contributed by atoms with Gasteiger partial charge in [-0.05, 0) is 25.8 Å². The molecule has 1 amide bonds. The molecular weight excluding hydrogens is 206 g/mol. The van der Waals surface area contributed by atoms with E-state index in [1.165, 1.54) is 0 Å². The lowest BCUT2D eigenvalue weighted by Gasteiger charge is -2.12. The number of rotatable bonds is 6. The van der Waals surface area contributed by atoms with E-state index in [1.807, 2.05) is 0 Å². The van der Waals surface area contributed by atoms with Gasteiger partial charge in [0.15, 0.2) is 12.3 Å². The molecule has 1 heterocycles. The molecule has 1 saturated heterocycles. The SMILES string of the molecule is NCCCC[C@H](N)C(=O)[N+]1CCC[C@H]1C=O. The Morgan fingerprint density at radius 3 is 2.88 bits per heavy atom. The minimum atomic E-state index is -0.480. The van der Waals surface area contributed by atoms with E-state index in [9.17, 15) is 9.59 Å². The van der Waals surface area contributed by atoms with Gasteiger partial charge in [-0.25, -0.2) is 4.79 Å². The summed E-state index contributed by atoms with van der Waals surface area (Å²) in [4.78, 5) is 24.3. The van der Waals surface area contributed by atoms with Crippen LogP contribution in [0.3, 0.4) is 0 Å². The van der Waals surface area contributed by atoms with Crippen LogP contribution in [0.5, 0.6) is 0 Å². The highest BCUT2D eigenvalue weighted by atomic mass is 16.2. The van der Waals surface area contributed by atoms with Crippen LogP contribution < -0.4 is 16.4 Å². The highest BCUT2D eigenvalue weighted by Crippen LogP contribution is 2.14. The highest BCUT2D eigenvalue weighted by molar-refractivity contribution is 5.87. The van der Waals surface area contributed by atoms with E-state index in [4.69, 9.17) is 11.5 Å². The molecule has 0 aromatic rings. The second-order valence-electron chi connectivity index (χ2n) is 4.27. The summed E-state index contributed by atoms with van der Waals surface area (Å²) in [7, 11) is 0. The van der Waals surface area contributed by atoms with Gasteiger partial charge in [0.1, 0.15) is 12.6 Å². The topological polar surface area (TPSA) is 92.1 Å². The van der Waals surface area contributed by atoms with Crippen LogP contribution in [0.2, 0.25) is 0 Å². The Morgan fingerprint density at radius 2 is 2.25 bits per heavy atom. The van der Waals surface area contributed by atoms with E-state index in [0.717, 1.165) is 32.0 Å². The molecule has 1 fully saturated rings. The van der Waals surface area contributed by atoms with Crippen LogP contribution in [0.4, 0.5) is 0 Å². The molecular formula is C11H21N3O2+. The zero-order valence-electron chi connectivity index (χ0n) is 9.60. The number of carbonyl (C=O) groups excluding carboxylic acids is 2. The van der Waals surface area contributed by atoms with Crippen LogP contribution in [0.15, 0.2) is 0 Å². The van der Waals surface area contributed by atoms with E-state index in [0.29, 0.717) is 19.5 Å². The number of hydrogen-bond acceptors (Lipinski definition) is 4. The normalized spacial score (nSPS) is 23.2. The number of aldehydes is 1. The molecule has 16 heavy (non-hydrogen) atoms. The van der Waals surface area contributed by atoms with Gasteiger partial charge in [0.25, 0.3) is 0 Å². The van der Waals surface area contributed by atoms with Gasteiger partial charge in [0, 0.05) is 12.8 Å². The summed E-state index contributed by atoms with van der Waals surface area (Å²) >= 11 is 0.